The molecule has 0 saturated heterocycles. The van der Waals surface area contributed by atoms with Gasteiger partial charge in [-0.2, -0.15) is 0 Å². The van der Waals surface area contributed by atoms with Crippen molar-refractivity contribution in [1.29, 1.82) is 0 Å². The second-order valence-electron chi connectivity index (χ2n) is 6.39. The number of hydrogen-bond donors (Lipinski definition) is 1. The van der Waals surface area contributed by atoms with Gasteiger partial charge in [0.25, 0.3) is 0 Å². The van der Waals surface area contributed by atoms with Gasteiger partial charge in [0.2, 0.25) is 5.91 Å². The molecule has 0 aliphatic carbocycles. The van der Waals surface area contributed by atoms with Gasteiger partial charge in [-0.3, -0.25) is 4.79 Å². The van der Waals surface area contributed by atoms with Gasteiger partial charge in [0.15, 0.2) is 11.6 Å². The molecule has 0 radical (unpaired) electrons. The largest absolute Gasteiger partial charge is 0.488 e. The summed E-state index contributed by atoms with van der Waals surface area (Å²) in [6.07, 6.45) is 1.54. The van der Waals surface area contributed by atoms with E-state index in [4.69, 9.17) is 4.74 Å². The van der Waals surface area contributed by atoms with E-state index in [1.165, 1.54) is 6.07 Å². The molecule has 1 N–H and O–H groups in total. The van der Waals surface area contributed by atoms with Gasteiger partial charge in [0.05, 0.1) is 6.04 Å². The van der Waals surface area contributed by atoms with Gasteiger partial charge >= 0.3 is 0 Å². The van der Waals surface area contributed by atoms with E-state index in [1.54, 1.807) is 24.3 Å². The lowest BCUT2D eigenvalue weighted by Gasteiger charge is -2.31. The lowest BCUT2D eigenvalue weighted by atomic mass is 9.87. The van der Waals surface area contributed by atoms with E-state index in [-0.39, 0.29) is 29.7 Å². The molecule has 116 valence electrons. The van der Waals surface area contributed by atoms with Gasteiger partial charge in [0, 0.05) is 6.08 Å². The Hall–Kier alpha value is -1.84. The molecular formula is C17H24FNO2. The number of nitrogens with one attached hydrogen (secondary N) is 1. The predicted octanol–water partition coefficient (Wildman–Crippen LogP) is 3.70. The third-order valence-corrected chi connectivity index (χ3v) is 3.02. The average molecular weight is 293 g/mol. The third-order valence-electron chi connectivity index (χ3n) is 3.02. The molecule has 1 amide bonds. The number of ether oxygens (including phenoxy) is 1. The van der Waals surface area contributed by atoms with E-state index in [1.807, 2.05) is 34.6 Å². The third kappa shape index (κ3) is 5.98. The van der Waals surface area contributed by atoms with Gasteiger partial charge < -0.3 is 10.1 Å². The molecule has 4 heteroatoms. The monoisotopic (exact) mass is 293 g/mol. The fourth-order valence-corrected chi connectivity index (χ4v) is 1.72. The summed E-state index contributed by atoms with van der Waals surface area (Å²) in [5.74, 6) is -0.365. The van der Waals surface area contributed by atoms with Gasteiger partial charge in [-0.15, -0.1) is 0 Å². The van der Waals surface area contributed by atoms with Crippen LogP contribution in [0, 0.1) is 11.2 Å². The van der Waals surface area contributed by atoms with Crippen molar-refractivity contribution in [1.82, 2.24) is 5.32 Å². The van der Waals surface area contributed by atoms with E-state index in [0.717, 1.165) is 5.57 Å². The fourth-order valence-electron chi connectivity index (χ4n) is 1.72. The van der Waals surface area contributed by atoms with Crippen molar-refractivity contribution in [2.45, 2.75) is 40.7 Å². The van der Waals surface area contributed by atoms with Crippen molar-refractivity contribution in [3.63, 3.8) is 0 Å². The number of hydrogen-bond acceptors (Lipinski definition) is 2. The van der Waals surface area contributed by atoms with Crippen molar-refractivity contribution < 1.29 is 13.9 Å². The summed E-state index contributed by atoms with van der Waals surface area (Å²) in [5.41, 5.74) is 0.728. The van der Waals surface area contributed by atoms with E-state index in [0.29, 0.717) is 0 Å². The zero-order valence-electron chi connectivity index (χ0n) is 13.4. The number of carbonyl (C=O) groups excluding carboxylic acids is 1. The first-order valence-corrected chi connectivity index (χ1v) is 7.03. The van der Waals surface area contributed by atoms with E-state index in [2.05, 4.69) is 5.32 Å². The zero-order chi connectivity index (χ0) is 16.0. The van der Waals surface area contributed by atoms with Crippen molar-refractivity contribution in [2.24, 2.45) is 5.41 Å². The molecule has 1 unspecified atom stereocenters. The normalized spacial score (nSPS) is 12.5. The van der Waals surface area contributed by atoms with Crippen LogP contribution in [0.5, 0.6) is 5.75 Å². The second-order valence-corrected chi connectivity index (χ2v) is 6.39. The lowest BCUT2D eigenvalue weighted by Crippen LogP contribution is -2.47. The highest BCUT2D eigenvalue weighted by atomic mass is 19.1. The van der Waals surface area contributed by atoms with Gasteiger partial charge in [0.1, 0.15) is 6.61 Å². The second kappa shape index (κ2) is 7.25. The minimum absolute atomic E-state index is 0.160. The first kappa shape index (κ1) is 17.2. The molecule has 0 fully saturated rings. The van der Waals surface area contributed by atoms with Crippen LogP contribution in [0.15, 0.2) is 35.9 Å². The summed E-state index contributed by atoms with van der Waals surface area (Å²) in [4.78, 5) is 11.9. The maximum atomic E-state index is 13.5. The molecule has 0 aromatic heterocycles. The summed E-state index contributed by atoms with van der Waals surface area (Å²) in [5, 5.41) is 2.92. The van der Waals surface area contributed by atoms with Crippen LogP contribution in [0.4, 0.5) is 4.39 Å². The number of benzene rings is 1. The smallest absolute Gasteiger partial charge is 0.244 e. The number of halogens is 1. The highest BCUT2D eigenvalue weighted by Crippen LogP contribution is 2.22. The topological polar surface area (TPSA) is 38.3 Å². The minimum Gasteiger partial charge on any atom is -0.488 e. The molecule has 0 heterocycles. The maximum absolute atomic E-state index is 13.5. The Labute approximate surface area is 126 Å². The average Bonchev–Trinajstić information content (AvgIpc) is 2.33. The highest BCUT2D eigenvalue weighted by molar-refractivity contribution is 5.88. The summed E-state index contributed by atoms with van der Waals surface area (Å²) < 4.78 is 19.1. The molecule has 0 saturated carbocycles. The Kier molecular flexibility index (Phi) is 5.94. The Morgan fingerprint density at radius 1 is 1.33 bits per heavy atom. The van der Waals surface area contributed by atoms with Gasteiger partial charge in [-0.1, -0.05) is 38.5 Å². The molecule has 21 heavy (non-hydrogen) atoms. The van der Waals surface area contributed by atoms with Crippen LogP contribution < -0.4 is 10.1 Å². The van der Waals surface area contributed by atoms with Crippen molar-refractivity contribution in [2.75, 3.05) is 6.61 Å². The molecule has 0 spiro atoms. The maximum Gasteiger partial charge on any atom is 0.244 e. The zero-order valence-corrected chi connectivity index (χ0v) is 13.4. The fraction of sp³-hybridized carbons (Fsp3) is 0.471. The Balaban J connectivity index is 2.74. The Bertz CT molecular complexity index is 514. The van der Waals surface area contributed by atoms with Crippen molar-refractivity contribution in [3.8, 4) is 5.75 Å². The molecule has 1 rings (SSSR count). The standard InChI is InChI=1S/C17H24FNO2/c1-12(2)10-16(20)19-15(17(3,4)5)11-21-14-9-7-6-8-13(14)18/h6-10,15H,11H2,1-5H3,(H,19,20). The molecule has 1 aromatic carbocycles. The number of para-hydroxylation sites is 1. The first-order valence-electron chi connectivity index (χ1n) is 7.03. The van der Waals surface area contributed by atoms with Gasteiger partial charge in [-0.25, -0.2) is 4.39 Å². The van der Waals surface area contributed by atoms with Crippen molar-refractivity contribution >= 4 is 5.91 Å². The molecular weight excluding hydrogens is 269 g/mol. The lowest BCUT2D eigenvalue weighted by molar-refractivity contribution is -0.118. The predicted molar refractivity (Wildman–Crippen MR) is 82.7 cm³/mol. The Morgan fingerprint density at radius 2 is 1.95 bits per heavy atom. The van der Waals surface area contributed by atoms with Crippen LogP contribution in [-0.2, 0) is 4.79 Å². The number of carbonyl (C=O) groups is 1. The summed E-state index contributed by atoms with van der Waals surface area (Å²) in [6.45, 7) is 9.96. The molecule has 1 atom stereocenters. The number of amides is 1. The number of rotatable bonds is 5. The van der Waals surface area contributed by atoms with Crippen LogP contribution in [-0.4, -0.2) is 18.6 Å². The van der Waals surface area contributed by atoms with E-state index in [9.17, 15) is 9.18 Å². The summed E-state index contributed by atoms with van der Waals surface area (Å²) in [6, 6.07) is 6.03. The van der Waals surface area contributed by atoms with Gasteiger partial charge in [-0.05, 0) is 31.4 Å². The molecule has 0 bridgehead atoms. The van der Waals surface area contributed by atoms with Crippen LogP contribution >= 0.6 is 0 Å². The van der Waals surface area contributed by atoms with E-state index < -0.39 is 5.82 Å². The highest BCUT2D eigenvalue weighted by Gasteiger charge is 2.26. The summed E-state index contributed by atoms with van der Waals surface area (Å²) in [7, 11) is 0. The summed E-state index contributed by atoms with van der Waals surface area (Å²) >= 11 is 0. The molecule has 1 aromatic rings. The van der Waals surface area contributed by atoms with Crippen LogP contribution in [0.3, 0.4) is 0 Å². The van der Waals surface area contributed by atoms with Crippen molar-refractivity contribution in [3.05, 3.63) is 41.7 Å². The van der Waals surface area contributed by atoms with Crippen LogP contribution in [0.25, 0.3) is 0 Å². The quantitative estimate of drug-likeness (QED) is 0.841. The molecule has 0 aliphatic rings. The SMILES string of the molecule is CC(C)=CC(=O)NC(COc1ccccc1F)C(C)(C)C. The Morgan fingerprint density at radius 3 is 2.48 bits per heavy atom. The van der Waals surface area contributed by atoms with E-state index >= 15 is 0 Å². The van der Waals surface area contributed by atoms with Crippen LogP contribution in [0.1, 0.15) is 34.6 Å². The first-order chi connectivity index (χ1) is 9.70. The molecule has 0 aliphatic heterocycles. The minimum atomic E-state index is -0.402. The van der Waals surface area contributed by atoms with Crippen LogP contribution in [0.2, 0.25) is 0 Å². The molecule has 3 nitrogen and oxygen atoms in total. The number of allylic oxidation sites excluding steroid dienone is 1.